The molecule has 1 aliphatic heterocycles. The molecule has 1 fully saturated rings. The second-order valence-corrected chi connectivity index (χ2v) is 5.14. The molecule has 2 N–H and O–H groups in total. The molecule has 1 aromatic carbocycles. The molecule has 2 rings (SSSR count). The van der Waals surface area contributed by atoms with Gasteiger partial charge in [-0.3, -0.25) is 4.79 Å². The van der Waals surface area contributed by atoms with Gasteiger partial charge in [-0.05, 0) is 30.5 Å². The Morgan fingerprint density at radius 2 is 2.26 bits per heavy atom. The molecule has 1 heterocycles. The molecule has 0 aromatic heterocycles. The van der Waals surface area contributed by atoms with Crippen molar-refractivity contribution in [1.29, 1.82) is 0 Å². The first-order valence-corrected chi connectivity index (χ1v) is 6.80. The Morgan fingerprint density at radius 1 is 1.47 bits per heavy atom. The fraction of sp³-hybridized carbons (Fsp3) is 0.533. The highest BCUT2D eigenvalue weighted by atomic mass is 16.5. The van der Waals surface area contributed by atoms with Crippen LogP contribution in [0.15, 0.2) is 24.3 Å². The number of hydrogen-bond acceptors (Lipinski definition) is 3. The molecule has 1 aromatic rings. The van der Waals surface area contributed by atoms with Gasteiger partial charge in [0.15, 0.2) is 0 Å². The lowest BCUT2D eigenvalue weighted by atomic mass is 9.94. The summed E-state index contributed by atoms with van der Waals surface area (Å²) in [7, 11) is 1.64. The molecule has 0 aliphatic carbocycles. The standard InChI is InChI=1S/C15H22N2O2/c1-11-7-8-16-9-14(11)17-15(18)13-6-4-3-5-12(13)10-19-2/h3-6,11,14,16H,7-10H2,1-2H3,(H,17,18). The van der Waals surface area contributed by atoms with Crippen LogP contribution in [0.25, 0.3) is 0 Å². The first kappa shape index (κ1) is 14.0. The van der Waals surface area contributed by atoms with Gasteiger partial charge in [0, 0.05) is 25.3 Å². The van der Waals surface area contributed by atoms with Crippen molar-refractivity contribution in [2.24, 2.45) is 5.92 Å². The summed E-state index contributed by atoms with van der Waals surface area (Å²) in [6.07, 6.45) is 1.10. The van der Waals surface area contributed by atoms with Gasteiger partial charge < -0.3 is 15.4 Å². The molecule has 2 unspecified atom stereocenters. The van der Waals surface area contributed by atoms with Gasteiger partial charge in [0.25, 0.3) is 5.91 Å². The molecule has 0 saturated carbocycles. The van der Waals surface area contributed by atoms with E-state index in [9.17, 15) is 4.79 Å². The van der Waals surface area contributed by atoms with E-state index in [1.54, 1.807) is 7.11 Å². The van der Waals surface area contributed by atoms with Crippen molar-refractivity contribution in [2.75, 3.05) is 20.2 Å². The summed E-state index contributed by atoms with van der Waals surface area (Å²) in [5, 5.41) is 6.45. The van der Waals surface area contributed by atoms with Gasteiger partial charge in [0.05, 0.1) is 6.61 Å². The number of amides is 1. The second kappa shape index (κ2) is 6.68. The zero-order valence-electron chi connectivity index (χ0n) is 11.6. The van der Waals surface area contributed by atoms with Crippen LogP contribution in [0.3, 0.4) is 0 Å². The Morgan fingerprint density at radius 3 is 3.00 bits per heavy atom. The van der Waals surface area contributed by atoms with Crippen LogP contribution in [-0.4, -0.2) is 32.1 Å². The summed E-state index contributed by atoms with van der Waals surface area (Å²) in [5.74, 6) is 0.507. The minimum absolute atomic E-state index is 0.00630. The molecule has 4 heteroatoms. The van der Waals surface area contributed by atoms with Crippen LogP contribution in [-0.2, 0) is 11.3 Å². The lowest BCUT2D eigenvalue weighted by Gasteiger charge is -2.30. The number of rotatable bonds is 4. The molecule has 19 heavy (non-hydrogen) atoms. The van der Waals surface area contributed by atoms with Crippen molar-refractivity contribution in [1.82, 2.24) is 10.6 Å². The quantitative estimate of drug-likeness (QED) is 0.866. The molecule has 1 saturated heterocycles. The fourth-order valence-corrected chi connectivity index (χ4v) is 2.45. The SMILES string of the molecule is COCc1ccccc1C(=O)NC1CNCCC1C. The highest BCUT2D eigenvalue weighted by Gasteiger charge is 2.23. The topological polar surface area (TPSA) is 50.4 Å². The average molecular weight is 262 g/mol. The molecule has 2 atom stereocenters. The van der Waals surface area contributed by atoms with Crippen molar-refractivity contribution >= 4 is 5.91 Å². The molecule has 0 spiro atoms. The zero-order chi connectivity index (χ0) is 13.7. The minimum Gasteiger partial charge on any atom is -0.380 e. The summed E-state index contributed by atoms with van der Waals surface area (Å²) in [6.45, 7) is 4.53. The first-order valence-electron chi connectivity index (χ1n) is 6.80. The van der Waals surface area contributed by atoms with E-state index in [1.807, 2.05) is 24.3 Å². The van der Waals surface area contributed by atoms with E-state index in [0.29, 0.717) is 18.1 Å². The third kappa shape index (κ3) is 3.55. The average Bonchev–Trinajstić information content (AvgIpc) is 2.42. The zero-order valence-corrected chi connectivity index (χ0v) is 11.6. The molecule has 0 bridgehead atoms. The maximum Gasteiger partial charge on any atom is 0.251 e. The Bertz CT molecular complexity index is 434. The van der Waals surface area contributed by atoms with Crippen LogP contribution >= 0.6 is 0 Å². The summed E-state index contributed by atoms with van der Waals surface area (Å²) in [4.78, 5) is 12.4. The van der Waals surface area contributed by atoms with Crippen molar-refractivity contribution in [2.45, 2.75) is 26.0 Å². The van der Waals surface area contributed by atoms with Gasteiger partial charge in [0.2, 0.25) is 0 Å². The molecule has 4 nitrogen and oxygen atoms in total. The van der Waals surface area contributed by atoms with E-state index < -0.39 is 0 Å². The van der Waals surface area contributed by atoms with E-state index >= 15 is 0 Å². The predicted molar refractivity (Wildman–Crippen MR) is 75.1 cm³/mol. The number of piperidine rings is 1. The summed E-state index contributed by atoms with van der Waals surface area (Å²) < 4.78 is 5.14. The van der Waals surface area contributed by atoms with Crippen LogP contribution in [0.5, 0.6) is 0 Å². The van der Waals surface area contributed by atoms with Crippen molar-refractivity contribution < 1.29 is 9.53 Å². The van der Waals surface area contributed by atoms with Gasteiger partial charge in [-0.1, -0.05) is 25.1 Å². The first-order chi connectivity index (χ1) is 9.22. The van der Waals surface area contributed by atoms with Gasteiger partial charge >= 0.3 is 0 Å². The van der Waals surface area contributed by atoms with Crippen molar-refractivity contribution in [3.63, 3.8) is 0 Å². The summed E-state index contributed by atoms with van der Waals surface area (Å²) in [6, 6.07) is 7.80. The van der Waals surface area contributed by atoms with Crippen LogP contribution in [0.1, 0.15) is 29.3 Å². The van der Waals surface area contributed by atoms with E-state index in [1.165, 1.54) is 0 Å². The number of carbonyl (C=O) groups excluding carboxylic acids is 1. The van der Waals surface area contributed by atoms with Crippen LogP contribution in [0, 0.1) is 5.92 Å². The van der Waals surface area contributed by atoms with Gasteiger partial charge in [-0.25, -0.2) is 0 Å². The lowest BCUT2D eigenvalue weighted by molar-refractivity contribution is 0.0910. The summed E-state index contributed by atoms with van der Waals surface area (Å²) >= 11 is 0. The molecular formula is C15H22N2O2. The van der Waals surface area contributed by atoms with E-state index in [0.717, 1.165) is 25.1 Å². The molecule has 1 aliphatic rings. The maximum atomic E-state index is 12.4. The summed E-state index contributed by atoms with van der Waals surface area (Å²) in [5.41, 5.74) is 1.64. The van der Waals surface area contributed by atoms with Gasteiger partial charge in [-0.15, -0.1) is 0 Å². The number of carbonyl (C=O) groups is 1. The number of nitrogens with one attached hydrogen (secondary N) is 2. The van der Waals surface area contributed by atoms with Crippen molar-refractivity contribution in [3.8, 4) is 0 Å². The Kier molecular flexibility index (Phi) is 4.93. The van der Waals surface area contributed by atoms with Crippen LogP contribution in [0.2, 0.25) is 0 Å². The lowest BCUT2D eigenvalue weighted by Crippen LogP contribution is -2.50. The molecule has 104 valence electrons. The highest BCUT2D eigenvalue weighted by molar-refractivity contribution is 5.95. The number of benzene rings is 1. The predicted octanol–water partition coefficient (Wildman–Crippen LogP) is 1.56. The highest BCUT2D eigenvalue weighted by Crippen LogP contribution is 2.14. The molecular weight excluding hydrogens is 240 g/mol. The maximum absolute atomic E-state index is 12.4. The largest absolute Gasteiger partial charge is 0.380 e. The smallest absolute Gasteiger partial charge is 0.251 e. The number of ether oxygens (including phenoxy) is 1. The normalized spacial score (nSPS) is 23.1. The number of hydrogen-bond donors (Lipinski definition) is 2. The molecule has 0 radical (unpaired) electrons. The Hall–Kier alpha value is -1.39. The van der Waals surface area contributed by atoms with E-state index in [2.05, 4.69) is 17.6 Å². The van der Waals surface area contributed by atoms with Gasteiger partial charge in [0.1, 0.15) is 0 Å². The third-order valence-corrected chi connectivity index (χ3v) is 3.71. The van der Waals surface area contributed by atoms with Crippen LogP contribution in [0.4, 0.5) is 0 Å². The second-order valence-electron chi connectivity index (χ2n) is 5.14. The van der Waals surface area contributed by atoms with E-state index in [4.69, 9.17) is 4.74 Å². The van der Waals surface area contributed by atoms with Crippen LogP contribution < -0.4 is 10.6 Å². The van der Waals surface area contributed by atoms with Crippen molar-refractivity contribution in [3.05, 3.63) is 35.4 Å². The minimum atomic E-state index is -0.00630. The van der Waals surface area contributed by atoms with E-state index in [-0.39, 0.29) is 11.9 Å². The molecule has 1 amide bonds. The monoisotopic (exact) mass is 262 g/mol. The Labute approximate surface area is 114 Å². The third-order valence-electron chi connectivity index (χ3n) is 3.71. The fourth-order valence-electron chi connectivity index (χ4n) is 2.45. The Balaban J connectivity index is 2.06. The number of methoxy groups -OCH3 is 1. The van der Waals surface area contributed by atoms with Gasteiger partial charge in [-0.2, -0.15) is 0 Å².